The SMILES string of the molecule is CCC1CN(CC(O)COCc2ccco2)c2ccccc2O1. The van der Waals surface area contributed by atoms with Gasteiger partial charge in [0.05, 0.1) is 31.2 Å². The van der Waals surface area contributed by atoms with E-state index in [0.717, 1.165) is 30.2 Å². The Morgan fingerprint density at radius 2 is 2.17 bits per heavy atom. The van der Waals surface area contributed by atoms with Gasteiger partial charge in [-0.2, -0.15) is 0 Å². The number of hydrogen-bond acceptors (Lipinski definition) is 5. The van der Waals surface area contributed by atoms with E-state index in [0.29, 0.717) is 13.2 Å². The van der Waals surface area contributed by atoms with Crippen LogP contribution in [-0.4, -0.2) is 37.0 Å². The summed E-state index contributed by atoms with van der Waals surface area (Å²) in [5.41, 5.74) is 1.03. The molecule has 0 saturated carbocycles. The maximum absolute atomic E-state index is 10.3. The first-order valence-electron chi connectivity index (χ1n) is 8.05. The van der Waals surface area contributed by atoms with E-state index in [1.54, 1.807) is 6.26 Å². The van der Waals surface area contributed by atoms with E-state index in [9.17, 15) is 5.11 Å². The molecule has 5 heteroatoms. The van der Waals surface area contributed by atoms with Gasteiger partial charge in [-0.05, 0) is 30.7 Å². The molecule has 23 heavy (non-hydrogen) atoms. The van der Waals surface area contributed by atoms with E-state index in [-0.39, 0.29) is 12.7 Å². The molecule has 2 heterocycles. The van der Waals surface area contributed by atoms with E-state index in [2.05, 4.69) is 11.8 Å². The Hall–Kier alpha value is -1.98. The van der Waals surface area contributed by atoms with Crippen LogP contribution in [0.1, 0.15) is 19.1 Å². The minimum Gasteiger partial charge on any atom is -0.486 e. The van der Waals surface area contributed by atoms with E-state index >= 15 is 0 Å². The van der Waals surface area contributed by atoms with Gasteiger partial charge in [0.2, 0.25) is 0 Å². The van der Waals surface area contributed by atoms with Gasteiger partial charge in [-0.3, -0.25) is 0 Å². The normalized spacial score (nSPS) is 18.3. The number of β-amino-alcohol motifs (C(OH)–C–C–N with tert-alkyl or cyclic N) is 1. The van der Waals surface area contributed by atoms with Crippen molar-refractivity contribution in [2.75, 3.05) is 24.6 Å². The Bertz CT molecular complexity index is 599. The summed E-state index contributed by atoms with van der Waals surface area (Å²) in [7, 11) is 0. The topological polar surface area (TPSA) is 55.1 Å². The second-order valence-electron chi connectivity index (χ2n) is 5.77. The second kappa shape index (κ2) is 7.53. The zero-order valence-corrected chi connectivity index (χ0v) is 13.4. The highest BCUT2D eigenvalue weighted by Gasteiger charge is 2.25. The average molecular weight is 317 g/mol. The highest BCUT2D eigenvalue weighted by atomic mass is 16.5. The number of hydrogen-bond donors (Lipinski definition) is 1. The van der Waals surface area contributed by atoms with Gasteiger partial charge in [-0.1, -0.05) is 19.1 Å². The zero-order valence-electron chi connectivity index (χ0n) is 13.4. The van der Waals surface area contributed by atoms with Gasteiger partial charge in [-0.25, -0.2) is 0 Å². The third-order valence-electron chi connectivity index (χ3n) is 3.94. The summed E-state index contributed by atoms with van der Waals surface area (Å²) in [5, 5.41) is 10.3. The van der Waals surface area contributed by atoms with Crippen molar-refractivity contribution < 1.29 is 19.0 Å². The molecule has 2 aromatic rings. The highest BCUT2D eigenvalue weighted by molar-refractivity contribution is 5.60. The molecule has 0 fully saturated rings. The predicted molar refractivity (Wildman–Crippen MR) is 87.7 cm³/mol. The number of benzene rings is 1. The van der Waals surface area contributed by atoms with Crippen molar-refractivity contribution in [1.29, 1.82) is 0 Å². The molecule has 0 amide bonds. The number of furan rings is 1. The van der Waals surface area contributed by atoms with Crippen molar-refractivity contribution in [2.45, 2.75) is 32.2 Å². The first kappa shape index (κ1) is 15.9. The predicted octanol–water partition coefficient (Wildman–Crippen LogP) is 2.83. The van der Waals surface area contributed by atoms with Crippen molar-refractivity contribution >= 4 is 5.69 Å². The molecule has 1 N–H and O–H groups in total. The van der Waals surface area contributed by atoms with Gasteiger partial charge < -0.3 is 23.9 Å². The number of aliphatic hydroxyl groups excluding tert-OH is 1. The number of ether oxygens (including phenoxy) is 2. The Labute approximate surface area is 136 Å². The minimum absolute atomic E-state index is 0.154. The van der Waals surface area contributed by atoms with E-state index < -0.39 is 6.10 Å². The quantitative estimate of drug-likeness (QED) is 0.851. The zero-order chi connectivity index (χ0) is 16.1. The molecule has 2 atom stereocenters. The molecule has 0 aliphatic carbocycles. The van der Waals surface area contributed by atoms with Crippen LogP contribution in [0.3, 0.4) is 0 Å². The minimum atomic E-state index is -0.561. The van der Waals surface area contributed by atoms with Gasteiger partial charge in [0.15, 0.2) is 0 Å². The van der Waals surface area contributed by atoms with E-state index in [1.165, 1.54) is 0 Å². The summed E-state index contributed by atoms with van der Waals surface area (Å²) in [6.45, 7) is 4.07. The molecular weight excluding hydrogens is 294 g/mol. The highest BCUT2D eigenvalue weighted by Crippen LogP contribution is 2.33. The van der Waals surface area contributed by atoms with Crippen LogP contribution in [0.15, 0.2) is 47.1 Å². The van der Waals surface area contributed by atoms with Crippen LogP contribution >= 0.6 is 0 Å². The summed E-state index contributed by atoms with van der Waals surface area (Å²) in [6, 6.07) is 11.6. The smallest absolute Gasteiger partial charge is 0.143 e. The molecule has 3 rings (SSSR count). The van der Waals surface area contributed by atoms with Gasteiger partial charge in [0.25, 0.3) is 0 Å². The Kier molecular flexibility index (Phi) is 5.20. The second-order valence-corrected chi connectivity index (χ2v) is 5.77. The van der Waals surface area contributed by atoms with Crippen LogP contribution in [0.25, 0.3) is 0 Å². The third kappa shape index (κ3) is 4.06. The van der Waals surface area contributed by atoms with Gasteiger partial charge >= 0.3 is 0 Å². The van der Waals surface area contributed by atoms with Crippen LogP contribution in [0.5, 0.6) is 5.75 Å². The fraction of sp³-hybridized carbons (Fsp3) is 0.444. The van der Waals surface area contributed by atoms with E-state index in [1.807, 2.05) is 36.4 Å². The number of rotatable bonds is 7. The lowest BCUT2D eigenvalue weighted by Gasteiger charge is -2.37. The Balaban J connectivity index is 1.55. The lowest BCUT2D eigenvalue weighted by Crippen LogP contribution is -2.44. The molecule has 1 aromatic carbocycles. The summed E-state index contributed by atoms with van der Waals surface area (Å²) in [5.74, 6) is 1.65. The molecule has 1 aliphatic rings. The standard InChI is InChI=1S/C18H23NO4/c1-2-15-11-19(17-7-3-4-8-18(17)23-15)10-14(20)12-21-13-16-6-5-9-22-16/h3-9,14-15,20H,2,10-13H2,1H3. The lowest BCUT2D eigenvalue weighted by molar-refractivity contribution is 0.0243. The summed E-state index contributed by atoms with van der Waals surface area (Å²) < 4.78 is 16.7. The number of anilines is 1. The molecule has 1 aliphatic heterocycles. The fourth-order valence-electron chi connectivity index (χ4n) is 2.76. The van der Waals surface area contributed by atoms with Crippen LogP contribution < -0.4 is 9.64 Å². The molecular formula is C18H23NO4. The third-order valence-corrected chi connectivity index (χ3v) is 3.94. The molecule has 0 radical (unpaired) electrons. The molecule has 1 aromatic heterocycles. The van der Waals surface area contributed by atoms with Crippen LogP contribution in [-0.2, 0) is 11.3 Å². The summed E-state index contributed by atoms with van der Waals surface area (Å²) in [6.07, 6.45) is 2.15. The first-order valence-corrected chi connectivity index (χ1v) is 8.05. The molecule has 0 saturated heterocycles. The maximum Gasteiger partial charge on any atom is 0.143 e. The first-order chi connectivity index (χ1) is 11.3. The van der Waals surface area contributed by atoms with Crippen LogP contribution in [0, 0.1) is 0 Å². The van der Waals surface area contributed by atoms with Crippen LogP contribution in [0.2, 0.25) is 0 Å². The van der Waals surface area contributed by atoms with Crippen molar-refractivity contribution in [3.63, 3.8) is 0 Å². The molecule has 2 unspecified atom stereocenters. The molecule has 0 spiro atoms. The van der Waals surface area contributed by atoms with E-state index in [4.69, 9.17) is 13.9 Å². The van der Waals surface area contributed by atoms with Gasteiger partial charge in [0, 0.05) is 6.54 Å². The lowest BCUT2D eigenvalue weighted by atomic mass is 10.1. The monoisotopic (exact) mass is 317 g/mol. The van der Waals surface area contributed by atoms with Crippen LogP contribution in [0.4, 0.5) is 5.69 Å². The average Bonchev–Trinajstić information content (AvgIpc) is 3.08. The maximum atomic E-state index is 10.3. The molecule has 0 bridgehead atoms. The number of aliphatic hydroxyl groups is 1. The number of para-hydroxylation sites is 2. The van der Waals surface area contributed by atoms with Crippen molar-refractivity contribution in [3.05, 3.63) is 48.4 Å². The fourth-order valence-corrected chi connectivity index (χ4v) is 2.76. The Morgan fingerprint density at radius 1 is 1.30 bits per heavy atom. The molecule has 5 nitrogen and oxygen atoms in total. The summed E-state index contributed by atoms with van der Waals surface area (Å²) >= 11 is 0. The summed E-state index contributed by atoms with van der Waals surface area (Å²) in [4.78, 5) is 2.17. The number of nitrogens with zero attached hydrogens (tertiary/aromatic N) is 1. The van der Waals surface area contributed by atoms with Crippen molar-refractivity contribution in [1.82, 2.24) is 0 Å². The van der Waals surface area contributed by atoms with Gasteiger partial charge in [-0.15, -0.1) is 0 Å². The van der Waals surface area contributed by atoms with Crippen molar-refractivity contribution in [3.8, 4) is 5.75 Å². The Morgan fingerprint density at radius 3 is 2.96 bits per heavy atom. The van der Waals surface area contributed by atoms with Gasteiger partial charge in [0.1, 0.15) is 24.2 Å². The molecule has 124 valence electrons. The number of fused-ring (bicyclic) bond motifs is 1. The largest absolute Gasteiger partial charge is 0.486 e. The van der Waals surface area contributed by atoms with Crippen molar-refractivity contribution in [2.24, 2.45) is 0 Å².